The molecule has 4 atom stereocenters. The van der Waals surface area contributed by atoms with Gasteiger partial charge in [-0.15, -0.1) is 0 Å². The number of para-hydroxylation sites is 1. The lowest BCUT2D eigenvalue weighted by molar-refractivity contribution is -0.138. The van der Waals surface area contributed by atoms with Gasteiger partial charge in [0.05, 0.1) is 20.3 Å². The molecular weight excluding hydrogens is 410 g/mol. The summed E-state index contributed by atoms with van der Waals surface area (Å²) in [5.74, 6) is 0.128. The molecule has 1 amide bonds. The van der Waals surface area contributed by atoms with Crippen LogP contribution in [0.5, 0.6) is 5.75 Å². The number of hydrogen-bond donors (Lipinski definition) is 2. The quantitative estimate of drug-likeness (QED) is 0.601. The Hall–Kier alpha value is -2.16. The van der Waals surface area contributed by atoms with E-state index in [1.807, 2.05) is 19.2 Å². The summed E-state index contributed by atoms with van der Waals surface area (Å²) in [5, 5.41) is 13.5. The fourth-order valence-electron chi connectivity index (χ4n) is 4.94. The number of aliphatic carboxylic acids is 1. The molecule has 0 spiro atoms. The molecule has 0 aromatic heterocycles. The zero-order chi connectivity index (χ0) is 23.3. The first-order valence-electron chi connectivity index (χ1n) is 11.5. The van der Waals surface area contributed by atoms with Crippen LogP contribution in [0.2, 0.25) is 0 Å². The second-order valence-electron chi connectivity index (χ2n) is 9.26. The number of benzene rings is 1. The molecule has 1 aromatic rings. The number of hydrogen-bond acceptors (Lipinski definition) is 6. The maximum absolute atomic E-state index is 12.7. The lowest BCUT2D eigenvalue weighted by Crippen LogP contribution is -2.43. The van der Waals surface area contributed by atoms with Crippen molar-refractivity contribution in [1.29, 1.82) is 0 Å². The summed E-state index contributed by atoms with van der Waals surface area (Å²) in [4.78, 5) is 31.6. The van der Waals surface area contributed by atoms with Crippen LogP contribution in [0.4, 0.5) is 0 Å². The first kappa shape index (κ1) is 24.5. The summed E-state index contributed by atoms with van der Waals surface area (Å²) in [5.41, 5.74) is 2.19. The molecule has 0 radical (unpaired) electrons. The van der Waals surface area contributed by atoms with E-state index < -0.39 is 5.97 Å². The molecule has 2 N–H and O–H groups in total. The number of methoxy groups -OCH3 is 1. The number of ether oxygens (including phenoxy) is 1. The molecule has 32 heavy (non-hydrogen) atoms. The van der Waals surface area contributed by atoms with Crippen LogP contribution in [0.25, 0.3) is 0 Å². The maximum atomic E-state index is 12.7. The fraction of sp³-hybridized carbons (Fsp3) is 0.667. The van der Waals surface area contributed by atoms with Gasteiger partial charge in [-0.1, -0.05) is 25.1 Å². The van der Waals surface area contributed by atoms with E-state index in [1.54, 1.807) is 7.11 Å². The Morgan fingerprint density at radius 2 is 2.06 bits per heavy atom. The van der Waals surface area contributed by atoms with Gasteiger partial charge >= 0.3 is 5.97 Å². The highest BCUT2D eigenvalue weighted by molar-refractivity contribution is 5.83. The van der Waals surface area contributed by atoms with Gasteiger partial charge in [-0.3, -0.25) is 14.4 Å². The molecule has 1 aliphatic heterocycles. The Balaban J connectivity index is 1.81. The highest BCUT2D eigenvalue weighted by atomic mass is 16.7. The van der Waals surface area contributed by atoms with Gasteiger partial charge in [-0.2, -0.15) is 5.06 Å². The van der Waals surface area contributed by atoms with Crippen molar-refractivity contribution in [1.82, 2.24) is 15.3 Å². The molecule has 3 unspecified atom stereocenters. The fourth-order valence-corrected chi connectivity index (χ4v) is 4.94. The Morgan fingerprint density at radius 1 is 1.28 bits per heavy atom. The van der Waals surface area contributed by atoms with Crippen molar-refractivity contribution in [2.24, 2.45) is 11.8 Å². The van der Waals surface area contributed by atoms with E-state index in [0.29, 0.717) is 18.9 Å². The molecule has 8 nitrogen and oxygen atoms in total. The summed E-state index contributed by atoms with van der Waals surface area (Å²) in [6, 6.07) is 6.46. The molecule has 178 valence electrons. The lowest BCUT2D eigenvalue weighted by Gasteiger charge is -2.38. The van der Waals surface area contributed by atoms with Gasteiger partial charge in [-0.25, -0.2) is 0 Å². The molecule has 1 heterocycles. The van der Waals surface area contributed by atoms with E-state index >= 15 is 0 Å². The Labute approximate surface area is 190 Å². The van der Waals surface area contributed by atoms with E-state index in [2.05, 4.69) is 35.3 Å². The second kappa shape index (κ2) is 11.1. The van der Waals surface area contributed by atoms with E-state index in [4.69, 9.17) is 14.7 Å². The number of hydroxylamine groups is 2. The predicted molar refractivity (Wildman–Crippen MR) is 121 cm³/mol. The van der Waals surface area contributed by atoms with E-state index in [-0.39, 0.29) is 30.3 Å². The highest BCUT2D eigenvalue weighted by Gasteiger charge is 2.36. The number of carbonyl (C=O) groups excluding carboxylic acids is 1. The Kier molecular flexibility index (Phi) is 8.51. The molecule has 8 heteroatoms. The number of carboxylic acid groups (broad SMARTS) is 1. The SMILES string of the molecule is CC[C@H]1CON(Cc2cccc(C3CC(C(=O)NCC(=O)O)CC(N(C)C)C3)c2OC)C1. The zero-order valence-corrected chi connectivity index (χ0v) is 19.7. The molecule has 3 rings (SSSR count). The molecule has 1 saturated carbocycles. The Morgan fingerprint density at radius 3 is 2.69 bits per heavy atom. The molecule has 1 aromatic carbocycles. The topological polar surface area (TPSA) is 91.3 Å². The number of rotatable bonds is 9. The average molecular weight is 448 g/mol. The zero-order valence-electron chi connectivity index (χ0n) is 19.7. The number of nitrogens with one attached hydrogen (secondary N) is 1. The van der Waals surface area contributed by atoms with Crippen molar-refractivity contribution in [3.63, 3.8) is 0 Å². The summed E-state index contributed by atoms with van der Waals surface area (Å²) in [6.07, 6.45) is 3.42. The minimum atomic E-state index is -1.03. The van der Waals surface area contributed by atoms with E-state index in [1.165, 1.54) is 0 Å². The average Bonchev–Trinajstić information content (AvgIpc) is 3.24. The molecule has 2 aliphatic rings. The van der Waals surface area contributed by atoms with E-state index in [0.717, 1.165) is 49.3 Å². The summed E-state index contributed by atoms with van der Waals surface area (Å²) in [7, 11) is 5.76. The molecule has 2 fully saturated rings. The third-order valence-electron chi connectivity index (χ3n) is 6.85. The summed E-state index contributed by atoms with van der Waals surface area (Å²) < 4.78 is 5.89. The predicted octanol–water partition coefficient (Wildman–Crippen LogP) is 2.48. The monoisotopic (exact) mass is 447 g/mol. The third kappa shape index (κ3) is 5.99. The van der Waals surface area contributed by atoms with Gasteiger partial charge in [0, 0.05) is 24.1 Å². The first-order valence-corrected chi connectivity index (χ1v) is 11.5. The van der Waals surface area contributed by atoms with Gasteiger partial charge in [-0.05, 0) is 57.2 Å². The number of amides is 1. The standard InChI is InChI=1S/C24H37N3O5/c1-5-16-13-27(32-15-16)14-17-7-6-8-21(23(17)31-4)18-9-19(11-20(10-18)26(2)3)24(30)25-12-22(28)29/h6-8,16,18-20H,5,9-15H2,1-4H3,(H,25,30)(H,28,29)/t16-,18?,19?,20?/m1/s1. The lowest BCUT2D eigenvalue weighted by atomic mass is 9.74. The maximum Gasteiger partial charge on any atom is 0.322 e. The van der Waals surface area contributed by atoms with Crippen LogP contribution in [0, 0.1) is 11.8 Å². The van der Waals surface area contributed by atoms with E-state index in [9.17, 15) is 9.59 Å². The second-order valence-corrected chi connectivity index (χ2v) is 9.26. The van der Waals surface area contributed by atoms with Gasteiger partial charge in [0.1, 0.15) is 12.3 Å². The first-order chi connectivity index (χ1) is 15.3. The van der Waals surface area contributed by atoms with Crippen LogP contribution >= 0.6 is 0 Å². The molecule has 1 saturated heterocycles. The normalized spacial score (nSPS) is 26.3. The highest BCUT2D eigenvalue weighted by Crippen LogP contribution is 2.42. The number of carbonyl (C=O) groups is 2. The number of nitrogens with zero attached hydrogens (tertiary/aromatic N) is 2. The van der Waals surface area contributed by atoms with Crippen molar-refractivity contribution in [2.45, 2.75) is 51.1 Å². The van der Waals surface area contributed by atoms with Crippen LogP contribution in [0.1, 0.15) is 49.7 Å². The van der Waals surface area contributed by atoms with Crippen LogP contribution < -0.4 is 10.1 Å². The third-order valence-corrected chi connectivity index (χ3v) is 6.85. The van der Waals surface area contributed by atoms with Crippen LogP contribution in [-0.4, -0.2) is 73.9 Å². The minimum Gasteiger partial charge on any atom is -0.496 e. The Bertz CT molecular complexity index is 800. The summed E-state index contributed by atoms with van der Waals surface area (Å²) in [6.45, 7) is 4.19. The largest absolute Gasteiger partial charge is 0.496 e. The molecular formula is C24H37N3O5. The minimum absolute atomic E-state index is 0.148. The van der Waals surface area contributed by atoms with Crippen LogP contribution in [0.15, 0.2) is 18.2 Å². The smallest absolute Gasteiger partial charge is 0.322 e. The molecule has 0 bridgehead atoms. The van der Waals surface area contributed by atoms with Crippen molar-refractivity contribution < 1.29 is 24.3 Å². The molecule has 1 aliphatic carbocycles. The number of carboxylic acids is 1. The van der Waals surface area contributed by atoms with Crippen molar-refractivity contribution in [2.75, 3.05) is 40.9 Å². The van der Waals surface area contributed by atoms with Crippen molar-refractivity contribution in [3.8, 4) is 5.75 Å². The van der Waals surface area contributed by atoms with Gasteiger partial charge < -0.3 is 20.1 Å². The van der Waals surface area contributed by atoms with Crippen LogP contribution in [-0.2, 0) is 21.0 Å². The van der Waals surface area contributed by atoms with Gasteiger partial charge in [0.25, 0.3) is 0 Å². The van der Waals surface area contributed by atoms with Crippen molar-refractivity contribution >= 4 is 11.9 Å². The summed E-state index contributed by atoms with van der Waals surface area (Å²) >= 11 is 0. The van der Waals surface area contributed by atoms with Gasteiger partial charge in [0.15, 0.2) is 0 Å². The van der Waals surface area contributed by atoms with Gasteiger partial charge in [0.2, 0.25) is 5.91 Å². The van der Waals surface area contributed by atoms with Crippen molar-refractivity contribution in [3.05, 3.63) is 29.3 Å². The van der Waals surface area contributed by atoms with Crippen LogP contribution in [0.3, 0.4) is 0 Å².